The maximum atomic E-state index is 6.00. The number of ether oxygens (including phenoxy) is 1. The van der Waals surface area contributed by atoms with E-state index in [1.807, 2.05) is 18.2 Å². The standard InChI is InChI=1S/C15H26N2O/c1-3-13(16)9-10-18-15-8-6-5-7-12(15)11-14(17)4-2/h5-8,13-14H,3-4,9-11,16-17H2,1-2H3. The summed E-state index contributed by atoms with van der Waals surface area (Å²) < 4.78 is 5.82. The monoisotopic (exact) mass is 250 g/mol. The molecular formula is C15H26N2O. The third-order valence-electron chi connectivity index (χ3n) is 3.25. The predicted octanol–water partition coefficient (Wildman–Crippen LogP) is 2.47. The molecule has 1 aromatic carbocycles. The second-order valence-corrected chi connectivity index (χ2v) is 4.79. The van der Waals surface area contributed by atoms with Crippen molar-refractivity contribution in [3.05, 3.63) is 29.8 Å². The third kappa shape index (κ3) is 5.07. The zero-order valence-corrected chi connectivity index (χ0v) is 11.6. The van der Waals surface area contributed by atoms with Gasteiger partial charge in [0.15, 0.2) is 0 Å². The van der Waals surface area contributed by atoms with Crippen molar-refractivity contribution in [2.24, 2.45) is 11.5 Å². The molecule has 3 nitrogen and oxygen atoms in total. The van der Waals surface area contributed by atoms with Crippen LogP contribution in [0.1, 0.15) is 38.7 Å². The van der Waals surface area contributed by atoms with Gasteiger partial charge in [-0.3, -0.25) is 0 Å². The van der Waals surface area contributed by atoms with Crippen molar-refractivity contribution in [3.63, 3.8) is 0 Å². The minimum Gasteiger partial charge on any atom is -0.493 e. The van der Waals surface area contributed by atoms with Crippen LogP contribution in [0.25, 0.3) is 0 Å². The Bertz CT molecular complexity index is 341. The lowest BCUT2D eigenvalue weighted by Gasteiger charge is -2.15. The van der Waals surface area contributed by atoms with Gasteiger partial charge in [-0.2, -0.15) is 0 Å². The van der Waals surface area contributed by atoms with Crippen molar-refractivity contribution in [1.82, 2.24) is 0 Å². The highest BCUT2D eigenvalue weighted by Gasteiger charge is 2.07. The van der Waals surface area contributed by atoms with Gasteiger partial charge in [0.1, 0.15) is 5.75 Å². The predicted molar refractivity (Wildman–Crippen MR) is 76.8 cm³/mol. The van der Waals surface area contributed by atoms with Gasteiger partial charge in [-0.05, 0) is 37.3 Å². The van der Waals surface area contributed by atoms with E-state index in [-0.39, 0.29) is 12.1 Å². The fraction of sp³-hybridized carbons (Fsp3) is 0.600. The molecule has 0 fully saturated rings. The molecule has 2 atom stereocenters. The van der Waals surface area contributed by atoms with Gasteiger partial charge in [-0.25, -0.2) is 0 Å². The molecule has 0 aliphatic rings. The minimum absolute atomic E-state index is 0.202. The van der Waals surface area contributed by atoms with Crippen molar-refractivity contribution in [2.45, 2.75) is 51.6 Å². The van der Waals surface area contributed by atoms with Crippen molar-refractivity contribution in [3.8, 4) is 5.75 Å². The summed E-state index contributed by atoms with van der Waals surface area (Å²) in [7, 11) is 0. The van der Waals surface area contributed by atoms with Crippen molar-refractivity contribution in [2.75, 3.05) is 6.61 Å². The number of para-hydroxylation sites is 1. The van der Waals surface area contributed by atoms with Gasteiger partial charge in [0, 0.05) is 12.1 Å². The SMILES string of the molecule is CCC(N)CCOc1ccccc1CC(N)CC. The zero-order valence-electron chi connectivity index (χ0n) is 11.6. The van der Waals surface area contributed by atoms with Gasteiger partial charge < -0.3 is 16.2 Å². The first-order chi connectivity index (χ1) is 8.67. The maximum Gasteiger partial charge on any atom is 0.122 e. The van der Waals surface area contributed by atoms with E-state index in [9.17, 15) is 0 Å². The van der Waals surface area contributed by atoms with E-state index in [2.05, 4.69) is 19.9 Å². The lowest BCUT2D eigenvalue weighted by Crippen LogP contribution is -2.23. The van der Waals surface area contributed by atoms with Crippen LogP contribution in [0.15, 0.2) is 24.3 Å². The summed E-state index contributed by atoms with van der Waals surface area (Å²) in [6.45, 7) is 4.88. The van der Waals surface area contributed by atoms with E-state index < -0.39 is 0 Å². The molecule has 1 aromatic rings. The molecular weight excluding hydrogens is 224 g/mol. The first-order valence-corrected chi connectivity index (χ1v) is 6.89. The van der Waals surface area contributed by atoms with Gasteiger partial charge in [0.2, 0.25) is 0 Å². The molecule has 0 heterocycles. The number of rotatable bonds is 8. The van der Waals surface area contributed by atoms with Crippen LogP contribution in [0, 0.1) is 0 Å². The highest BCUT2D eigenvalue weighted by molar-refractivity contribution is 5.33. The highest BCUT2D eigenvalue weighted by atomic mass is 16.5. The lowest BCUT2D eigenvalue weighted by atomic mass is 10.0. The van der Waals surface area contributed by atoms with E-state index >= 15 is 0 Å². The van der Waals surface area contributed by atoms with E-state index in [1.165, 1.54) is 5.56 Å². The molecule has 0 spiro atoms. The van der Waals surface area contributed by atoms with E-state index in [0.717, 1.165) is 31.4 Å². The van der Waals surface area contributed by atoms with E-state index in [1.54, 1.807) is 0 Å². The van der Waals surface area contributed by atoms with Crippen LogP contribution in [0.5, 0.6) is 5.75 Å². The average Bonchev–Trinajstić information content (AvgIpc) is 2.40. The summed E-state index contributed by atoms with van der Waals surface area (Å²) in [5.41, 5.74) is 13.1. The third-order valence-corrected chi connectivity index (χ3v) is 3.25. The first-order valence-electron chi connectivity index (χ1n) is 6.89. The number of benzene rings is 1. The highest BCUT2D eigenvalue weighted by Crippen LogP contribution is 2.20. The molecule has 0 saturated heterocycles. The summed E-state index contributed by atoms with van der Waals surface area (Å²) >= 11 is 0. The Balaban J connectivity index is 2.53. The molecule has 4 N–H and O–H groups in total. The van der Waals surface area contributed by atoms with Crippen LogP contribution < -0.4 is 16.2 Å². The Morgan fingerprint density at radius 1 is 1.06 bits per heavy atom. The number of nitrogens with two attached hydrogens (primary N) is 2. The molecule has 0 saturated carbocycles. The minimum atomic E-state index is 0.202. The van der Waals surface area contributed by atoms with E-state index in [0.29, 0.717) is 6.61 Å². The summed E-state index contributed by atoms with van der Waals surface area (Å²) in [6, 6.07) is 8.56. The summed E-state index contributed by atoms with van der Waals surface area (Å²) in [6.07, 6.45) is 3.73. The zero-order chi connectivity index (χ0) is 13.4. The molecule has 102 valence electrons. The van der Waals surface area contributed by atoms with Crippen molar-refractivity contribution >= 4 is 0 Å². The second-order valence-electron chi connectivity index (χ2n) is 4.79. The number of hydrogen-bond donors (Lipinski definition) is 2. The summed E-state index contributed by atoms with van der Waals surface area (Å²) in [5.74, 6) is 0.949. The van der Waals surface area contributed by atoms with E-state index in [4.69, 9.17) is 16.2 Å². The second kappa shape index (κ2) is 8.11. The van der Waals surface area contributed by atoms with Gasteiger partial charge in [0.05, 0.1) is 6.61 Å². The van der Waals surface area contributed by atoms with Crippen LogP contribution in [-0.2, 0) is 6.42 Å². The van der Waals surface area contributed by atoms with Crippen LogP contribution in [0.4, 0.5) is 0 Å². The van der Waals surface area contributed by atoms with Gasteiger partial charge >= 0.3 is 0 Å². The molecule has 2 unspecified atom stereocenters. The Labute approximate surface area is 111 Å². The molecule has 0 aliphatic heterocycles. The fourth-order valence-electron chi connectivity index (χ4n) is 1.76. The smallest absolute Gasteiger partial charge is 0.122 e. The van der Waals surface area contributed by atoms with Gasteiger partial charge in [-0.15, -0.1) is 0 Å². The molecule has 0 amide bonds. The van der Waals surface area contributed by atoms with Crippen LogP contribution >= 0.6 is 0 Å². The Hall–Kier alpha value is -1.06. The fourth-order valence-corrected chi connectivity index (χ4v) is 1.76. The Morgan fingerprint density at radius 2 is 1.72 bits per heavy atom. The molecule has 18 heavy (non-hydrogen) atoms. The summed E-state index contributed by atoms with van der Waals surface area (Å²) in [5, 5.41) is 0. The molecule has 0 radical (unpaired) electrons. The molecule has 3 heteroatoms. The quantitative estimate of drug-likeness (QED) is 0.745. The Kier molecular flexibility index (Phi) is 6.76. The van der Waals surface area contributed by atoms with Crippen LogP contribution in [0.3, 0.4) is 0 Å². The molecule has 0 aliphatic carbocycles. The lowest BCUT2D eigenvalue weighted by molar-refractivity contribution is 0.293. The van der Waals surface area contributed by atoms with Crippen molar-refractivity contribution < 1.29 is 4.74 Å². The maximum absolute atomic E-state index is 6.00. The van der Waals surface area contributed by atoms with Crippen molar-refractivity contribution in [1.29, 1.82) is 0 Å². The van der Waals surface area contributed by atoms with Gasteiger partial charge in [-0.1, -0.05) is 32.0 Å². The van der Waals surface area contributed by atoms with Crippen LogP contribution in [0.2, 0.25) is 0 Å². The average molecular weight is 250 g/mol. The Morgan fingerprint density at radius 3 is 2.39 bits per heavy atom. The van der Waals surface area contributed by atoms with Gasteiger partial charge in [0.25, 0.3) is 0 Å². The summed E-state index contributed by atoms with van der Waals surface area (Å²) in [4.78, 5) is 0. The largest absolute Gasteiger partial charge is 0.493 e. The molecule has 1 rings (SSSR count). The molecule has 0 bridgehead atoms. The van der Waals surface area contributed by atoms with Crippen LogP contribution in [-0.4, -0.2) is 18.7 Å². The number of hydrogen-bond acceptors (Lipinski definition) is 3. The normalized spacial score (nSPS) is 14.2. The molecule has 0 aromatic heterocycles. The first kappa shape index (κ1) is 15.0. The topological polar surface area (TPSA) is 61.3 Å².